The van der Waals surface area contributed by atoms with E-state index in [1.165, 1.54) is 25.3 Å². The Balaban J connectivity index is 2.87. The number of furan rings is 1. The van der Waals surface area contributed by atoms with E-state index in [2.05, 4.69) is 5.32 Å². The van der Waals surface area contributed by atoms with Gasteiger partial charge >= 0.3 is 10.1 Å². The van der Waals surface area contributed by atoms with Gasteiger partial charge in [-0.3, -0.25) is 9.35 Å². The van der Waals surface area contributed by atoms with Crippen LogP contribution in [0.1, 0.15) is 5.76 Å². The summed E-state index contributed by atoms with van der Waals surface area (Å²) in [6.07, 6.45) is 2.46. The van der Waals surface area contributed by atoms with Gasteiger partial charge in [0, 0.05) is 13.1 Å². The maximum Gasteiger partial charge on any atom is 0.328 e. The maximum atomic E-state index is 10.8. The van der Waals surface area contributed by atoms with Crippen LogP contribution in [0.4, 0.5) is 0 Å². The van der Waals surface area contributed by atoms with Crippen LogP contribution in [0.5, 0.6) is 0 Å². The van der Waals surface area contributed by atoms with Crippen LogP contribution in [0.15, 0.2) is 27.7 Å². The van der Waals surface area contributed by atoms with Gasteiger partial charge in [0.05, 0.1) is 0 Å². The lowest BCUT2D eigenvalue weighted by Gasteiger charge is -1.89. The molecule has 6 nitrogen and oxygen atoms in total. The first-order chi connectivity index (χ1) is 6.93. The van der Waals surface area contributed by atoms with Crippen molar-refractivity contribution in [2.24, 2.45) is 0 Å². The summed E-state index contributed by atoms with van der Waals surface area (Å²) in [6, 6.07) is 2.42. The van der Waals surface area contributed by atoms with Gasteiger partial charge in [0.25, 0.3) is 0 Å². The van der Waals surface area contributed by atoms with Gasteiger partial charge in [0.2, 0.25) is 11.0 Å². The number of rotatable bonds is 3. The standard InChI is InChI=1S/C8H9NO5S/c1-9-7(10)4-2-6-3-5-8(14-6)15(11,12)13/h2-5H,1H3,(H,9,10)(H,11,12,13)/b4-2+. The fraction of sp³-hybridized carbons (Fsp3) is 0.125. The zero-order valence-electron chi connectivity index (χ0n) is 7.80. The van der Waals surface area contributed by atoms with E-state index < -0.39 is 15.2 Å². The predicted molar refractivity (Wildman–Crippen MR) is 51.6 cm³/mol. The normalized spacial score (nSPS) is 11.9. The number of carbonyl (C=O) groups is 1. The Bertz CT molecular complexity index is 485. The van der Waals surface area contributed by atoms with Crippen molar-refractivity contribution in [2.75, 3.05) is 7.05 Å². The van der Waals surface area contributed by atoms with Crippen LogP contribution >= 0.6 is 0 Å². The van der Waals surface area contributed by atoms with Gasteiger partial charge in [-0.2, -0.15) is 8.42 Å². The molecule has 0 aliphatic heterocycles. The third-order valence-corrected chi connectivity index (χ3v) is 2.23. The van der Waals surface area contributed by atoms with Crippen LogP contribution in [0, 0.1) is 0 Å². The molecule has 1 aromatic rings. The molecule has 7 heteroatoms. The van der Waals surface area contributed by atoms with Crippen molar-refractivity contribution in [2.45, 2.75) is 5.09 Å². The summed E-state index contributed by atoms with van der Waals surface area (Å²) in [7, 11) is -2.87. The molecular weight excluding hydrogens is 222 g/mol. The Hall–Kier alpha value is -1.60. The molecule has 0 saturated carbocycles. The smallest absolute Gasteiger partial charge is 0.328 e. The Morgan fingerprint density at radius 2 is 2.20 bits per heavy atom. The van der Waals surface area contributed by atoms with Crippen molar-refractivity contribution < 1.29 is 22.2 Å². The molecule has 0 fully saturated rings. The first-order valence-electron chi connectivity index (χ1n) is 3.90. The van der Waals surface area contributed by atoms with Crippen molar-refractivity contribution in [3.63, 3.8) is 0 Å². The molecule has 1 amide bonds. The van der Waals surface area contributed by atoms with Crippen LogP contribution < -0.4 is 5.32 Å². The number of hydrogen-bond acceptors (Lipinski definition) is 4. The maximum absolute atomic E-state index is 10.8. The van der Waals surface area contributed by atoms with Crippen LogP contribution in [0.3, 0.4) is 0 Å². The molecular formula is C8H9NO5S. The van der Waals surface area contributed by atoms with Crippen LogP contribution in [0.25, 0.3) is 6.08 Å². The third kappa shape index (κ3) is 3.22. The van der Waals surface area contributed by atoms with E-state index in [4.69, 9.17) is 8.97 Å². The molecule has 1 aromatic heterocycles. The van der Waals surface area contributed by atoms with E-state index in [9.17, 15) is 13.2 Å². The second-order valence-corrected chi connectivity index (χ2v) is 3.93. The minimum atomic E-state index is -4.33. The third-order valence-electron chi connectivity index (χ3n) is 1.50. The molecule has 0 atom stereocenters. The molecule has 82 valence electrons. The summed E-state index contributed by atoms with van der Waals surface area (Å²) in [4.78, 5) is 10.8. The van der Waals surface area contributed by atoms with E-state index in [0.29, 0.717) is 0 Å². The van der Waals surface area contributed by atoms with Gasteiger partial charge in [0.1, 0.15) is 5.76 Å². The van der Waals surface area contributed by atoms with E-state index in [-0.39, 0.29) is 11.7 Å². The Morgan fingerprint density at radius 3 is 2.67 bits per heavy atom. The fourth-order valence-corrected chi connectivity index (χ4v) is 1.25. The lowest BCUT2D eigenvalue weighted by atomic mass is 10.4. The van der Waals surface area contributed by atoms with Gasteiger partial charge in [-0.15, -0.1) is 0 Å². The lowest BCUT2D eigenvalue weighted by molar-refractivity contribution is -0.115. The first-order valence-corrected chi connectivity index (χ1v) is 5.34. The molecule has 0 aromatic carbocycles. The highest BCUT2D eigenvalue weighted by molar-refractivity contribution is 7.85. The number of nitrogens with one attached hydrogen (secondary N) is 1. The largest absolute Gasteiger partial charge is 0.443 e. The van der Waals surface area contributed by atoms with Crippen molar-refractivity contribution >= 4 is 22.1 Å². The zero-order chi connectivity index (χ0) is 11.5. The molecule has 0 aliphatic rings. The van der Waals surface area contributed by atoms with Crippen LogP contribution in [-0.4, -0.2) is 25.9 Å². The minimum Gasteiger partial charge on any atom is -0.443 e. The van der Waals surface area contributed by atoms with Gasteiger partial charge in [-0.05, 0) is 18.2 Å². The summed E-state index contributed by atoms with van der Waals surface area (Å²) < 4.78 is 34.5. The molecule has 1 rings (SSSR count). The number of amides is 1. The average molecular weight is 231 g/mol. The number of hydrogen-bond donors (Lipinski definition) is 2. The van der Waals surface area contributed by atoms with Crippen molar-refractivity contribution in [1.82, 2.24) is 5.32 Å². The predicted octanol–water partition coefficient (Wildman–Crippen LogP) is 0.286. The second-order valence-electron chi connectivity index (χ2n) is 2.58. The molecule has 2 N–H and O–H groups in total. The van der Waals surface area contributed by atoms with E-state index in [1.54, 1.807) is 0 Å². The van der Waals surface area contributed by atoms with E-state index >= 15 is 0 Å². The van der Waals surface area contributed by atoms with Gasteiger partial charge in [0.15, 0.2) is 0 Å². The second kappa shape index (κ2) is 4.28. The minimum absolute atomic E-state index is 0.159. The first kappa shape index (κ1) is 11.5. The van der Waals surface area contributed by atoms with Crippen molar-refractivity contribution in [3.8, 4) is 0 Å². The van der Waals surface area contributed by atoms with Gasteiger partial charge in [-0.1, -0.05) is 0 Å². The Labute approximate surface area is 86.3 Å². The Morgan fingerprint density at radius 1 is 1.53 bits per heavy atom. The Kier molecular flexibility index (Phi) is 3.28. The molecule has 0 aliphatic carbocycles. The molecule has 15 heavy (non-hydrogen) atoms. The molecule has 0 bridgehead atoms. The highest BCUT2D eigenvalue weighted by atomic mass is 32.2. The number of carbonyl (C=O) groups excluding carboxylic acids is 1. The van der Waals surface area contributed by atoms with Crippen LogP contribution in [0.2, 0.25) is 0 Å². The van der Waals surface area contributed by atoms with Crippen LogP contribution in [-0.2, 0) is 14.9 Å². The highest BCUT2D eigenvalue weighted by Gasteiger charge is 2.13. The summed E-state index contributed by atoms with van der Waals surface area (Å²) in [5.74, 6) is -0.189. The monoisotopic (exact) mass is 231 g/mol. The molecule has 0 spiro atoms. The average Bonchev–Trinajstić information content (AvgIpc) is 2.61. The van der Waals surface area contributed by atoms with Crippen molar-refractivity contribution in [3.05, 3.63) is 24.0 Å². The molecule has 0 radical (unpaired) electrons. The molecule has 0 saturated heterocycles. The molecule has 1 heterocycles. The van der Waals surface area contributed by atoms with Gasteiger partial charge < -0.3 is 9.73 Å². The summed E-state index contributed by atoms with van der Waals surface area (Å²) >= 11 is 0. The van der Waals surface area contributed by atoms with E-state index in [1.807, 2.05) is 0 Å². The highest BCUT2D eigenvalue weighted by Crippen LogP contribution is 2.14. The summed E-state index contributed by atoms with van der Waals surface area (Å²) in [5, 5.41) is 1.78. The van der Waals surface area contributed by atoms with Crippen molar-refractivity contribution in [1.29, 1.82) is 0 Å². The summed E-state index contributed by atoms with van der Waals surface area (Å²) in [6.45, 7) is 0. The van der Waals surface area contributed by atoms with Gasteiger partial charge in [-0.25, -0.2) is 0 Å². The fourth-order valence-electron chi connectivity index (χ4n) is 0.804. The lowest BCUT2D eigenvalue weighted by Crippen LogP contribution is -2.13. The quantitative estimate of drug-likeness (QED) is 0.575. The summed E-state index contributed by atoms with van der Waals surface area (Å²) in [5.41, 5.74) is 0. The number of likely N-dealkylation sites (N-methyl/N-ethyl adjacent to an activating group) is 1. The topological polar surface area (TPSA) is 96.6 Å². The zero-order valence-corrected chi connectivity index (χ0v) is 8.61. The van der Waals surface area contributed by atoms with E-state index in [0.717, 1.165) is 6.07 Å². The molecule has 0 unspecified atom stereocenters. The SMILES string of the molecule is CNC(=O)/C=C/c1ccc(S(=O)(=O)O)o1.